The highest BCUT2D eigenvalue weighted by Crippen LogP contribution is 2.21. The molecule has 1 fully saturated rings. The van der Waals surface area contributed by atoms with Gasteiger partial charge in [0.25, 0.3) is 0 Å². The van der Waals surface area contributed by atoms with Crippen molar-refractivity contribution in [2.24, 2.45) is 0 Å². The minimum atomic E-state index is -3.68. The van der Waals surface area contributed by atoms with Crippen LogP contribution in [0.4, 0.5) is 0 Å². The van der Waals surface area contributed by atoms with Crippen molar-refractivity contribution in [3.8, 4) is 0 Å². The highest BCUT2D eigenvalue weighted by Gasteiger charge is 2.27. The number of sulfonamides is 2. The molecular weight excluding hydrogens is 362 g/mol. The largest absolute Gasteiger partial charge is 0.315 e. The number of benzene rings is 1. The van der Waals surface area contributed by atoms with E-state index in [1.165, 1.54) is 42.7 Å². The summed E-state index contributed by atoms with van der Waals surface area (Å²) < 4.78 is 52.1. The Morgan fingerprint density at radius 2 is 1.70 bits per heavy atom. The molecule has 0 bridgehead atoms. The van der Waals surface area contributed by atoms with Gasteiger partial charge in [-0.05, 0) is 31.2 Å². The number of halogens is 1. The molecule has 0 aromatic heterocycles. The van der Waals surface area contributed by atoms with Gasteiger partial charge in [-0.3, -0.25) is 0 Å². The third kappa shape index (κ3) is 4.43. The van der Waals surface area contributed by atoms with Crippen LogP contribution in [0.25, 0.3) is 0 Å². The molecule has 1 aliphatic rings. The van der Waals surface area contributed by atoms with Crippen molar-refractivity contribution in [1.82, 2.24) is 13.9 Å². The fourth-order valence-electron chi connectivity index (χ4n) is 2.22. The summed E-state index contributed by atoms with van der Waals surface area (Å²) >= 11 is 0. The van der Waals surface area contributed by atoms with Gasteiger partial charge in [0.2, 0.25) is 20.0 Å². The van der Waals surface area contributed by atoms with Gasteiger partial charge < -0.3 is 5.32 Å². The van der Waals surface area contributed by atoms with E-state index in [-0.39, 0.29) is 22.2 Å². The van der Waals surface area contributed by atoms with Gasteiger partial charge in [-0.15, -0.1) is 12.4 Å². The Morgan fingerprint density at radius 3 is 2.35 bits per heavy atom. The molecule has 1 aromatic carbocycles. The van der Waals surface area contributed by atoms with E-state index < -0.39 is 20.0 Å². The third-order valence-electron chi connectivity index (χ3n) is 3.52. The number of nitrogens with one attached hydrogen (secondary N) is 1. The summed E-state index contributed by atoms with van der Waals surface area (Å²) in [6, 6.07) is 5.52. The molecule has 10 heteroatoms. The zero-order valence-electron chi connectivity index (χ0n) is 13.1. The van der Waals surface area contributed by atoms with Crippen LogP contribution in [-0.4, -0.2) is 65.7 Å². The molecule has 132 valence electrons. The topological polar surface area (TPSA) is 86.8 Å². The van der Waals surface area contributed by atoms with Gasteiger partial charge in [0, 0.05) is 33.7 Å². The minimum Gasteiger partial charge on any atom is -0.315 e. The van der Waals surface area contributed by atoms with Crippen LogP contribution in [0.15, 0.2) is 34.1 Å². The summed E-state index contributed by atoms with van der Waals surface area (Å²) in [5.41, 5.74) is 0. The predicted molar refractivity (Wildman–Crippen MR) is 90.8 cm³/mol. The maximum Gasteiger partial charge on any atom is 0.243 e. The molecule has 1 N–H and O–H groups in total. The highest BCUT2D eigenvalue weighted by molar-refractivity contribution is 7.90. The molecule has 1 aliphatic heterocycles. The molecule has 23 heavy (non-hydrogen) atoms. The van der Waals surface area contributed by atoms with Gasteiger partial charge in [-0.1, -0.05) is 6.07 Å². The van der Waals surface area contributed by atoms with Gasteiger partial charge in [-0.25, -0.2) is 21.1 Å². The van der Waals surface area contributed by atoms with Gasteiger partial charge >= 0.3 is 0 Å². The number of hydrogen-bond donors (Lipinski definition) is 1. The number of rotatable bonds is 4. The van der Waals surface area contributed by atoms with Gasteiger partial charge in [-0.2, -0.15) is 4.31 Å². The van der Waals surface area contributed by atoms with Crippen LogP contribution in [0.5, 0.6) is 0 Å². The second kappa shape index (κ2) is 7.91. The van der Waals surface area contributed by atoms with Crippen molar-refractivity contribution in [3.05, 3.63) is 24.3 Å². The summed E-state index contributed by atoms with van der Waals surface area (Å²) in [6.07, 6.45) is 0.731. The highest BCUT2D eigenvalue weighted by atomic mass is 35.5. The van der Waals surface area contributed by atoms with Crippen LogP contribution in [0.1, 0.15) is 6.42 Å². The standard InChI is InChI=1S/C13H21N3O4S2.ClH/c1-15(2)21(17,18)12-5-3-6-13(11-12)22(19,20)16-9-4-7-14-8-10-16;/h3,5-6,11,14H,4,7-10H2,1-2H3;1H. The molecule has 0 unspecified atom stereocenters. The first kappa shape index (κ1) is 20.3. The Labute approximate surface area is 144 Å². The molecule has 0 amide bonds. The summed E-state index contributed by atoms with van der Waals surface area (Å²) in [7, 11) is -4.52. The lowest BCUT2D eigenvalue weighted by atomic mass is 10.4. The molecule has 1 heterocycles. The molecule has 0 atom stereocenters. The molecule has 0 spiro atoms. The molecule has 1 aromatic rings. The quantitative estimate of drug-likeness (QED) is 0.810. The van der Waals surface area contributed by atoms with Crippen molar-refractivity contribution in [3.63, 3.8) is 0 Å². The lowest BCUT2D eigenvalue weighted by Gasteiger charge is -2.20. The van der Waals surface area contributed by atoms with E-state index in [4.69, 9.17) is 0 Å². The summed E-state index contributed by atoms with van der Waals surface area (Å²) in [5.74, 6) is 0. The molecule has 0 saturated carbocycles. The van der Waals surface area contributed by atoms with E-state index in [0.29, 0.717) is 19.6 Å². The van der Waals surface area contributed by atoms with Crippen molar-refractivity contribution < 1.29 is 16.8 Å². The van der Waals surface area contributed by atoms with E-state index in [9.17, 15) is 16.8 Å². The molecule has 2 rings (SSSR count). The Kier molecular flexibility index (Phi) is 6.99. The maximum atomic E-state index is 12.7. The Hall–Kier alpha value is -0.710. The molecule has 1 saturated heterocycles. The van der Waals surface area contributed by atoms with Crippen molar-refractivity contribution in [2.75, 3.05) is 40.3 Å². The molecule has 7 nitrogen and oxygen atoms in total. The van der Waals surface area contributed by atoms with E-state index in [2.05, 4.69) is 5.32 Å². The van der Waals surface area contributed by atoms with Crippen LogP contribution in [0.3, 0.4) is 0 Å². The van der Waals surface area contributed by atoms with E-state index in [0.717, 1.165) is 17.3 Å². The third-order valence-corrected chi connectivity index (χ3v) is 7.23. The lowest BCUT2D eigenvalue weighted by Crippen LogP contribution is -2.34. The zero-order valence-corrected chi connectivity index (χ0v) is 15.5. The fraction of sp³-hybridized carbons (Fsp3) is 0.538. The van der Waals surface area contributed by atoms with E-state index >= 15 is 0 Å². The monoisotopic (exact) mass is 383 g/mol. The lowest BCUT2D eigenvalue weighted by molar-refractivity contribution is 0.432. The normalized spacial score (nSPS) is 17.5. The molecular formula is C13H22ClN3O4S2. The average molecular weight is 384 g/mol. The van der Waals surface area contributed by atoms with Crippen LogP contribution >= 0.6 is 12.4 Å². The zero-order chi connectivity index (χ0) is 16.4. The van der Waals surface area contributed by atoms with E-state index in [1.54, 1.807) is 0 Å². The van der Waals surface area contributed by atoms with Crippen LogP contribution < -0.4 is 5.32 Å². The summed E-state index contributed by atoms with van der Waals surface area (Å²) in [5, 5.41) is 3.14. The summed E-state index contributed by atoms with van der Waals surface area (Å²) in [6.45, 7) is 2.18. The first-order chi connectivity index (χ1) is 10.3. The van der Waals surface area contributed by atoms with Crippen LogP contribution in [0, 0.1) is 0 Å². The second-order valence-electron chi connectivity index (χ2n) is 5.27. The SMILES string of the molecule is CN(C)S(=O)(=O)c1cccc(S(=O)(=O)N2CCCNCC2)c1.Cl. The second-order valence-corrected chi connectivity index (χ2v) is 9.36. The molecule has 0 aliphatic carbocycles. The van der Waals surface area contributed by atoms with Gasteiger partial charge in [0.05, 0.1) is 9.79 Å². The summed E-state index contributed by atoms with van der Waals surface area (Å²) in [4.78, 5) is -0.0103. The Morgan fingerprint density at radius 1 is 1.04 bits per heavy atom. The van der Waals surface area contributed by atoms with Gasteiger partial charge in [0.1, 0.15) is 0 Å². The smallest absolute Gasteiger partial charge is 0.243 e. The van der Waals surface area contributed by atoms with Crippen molar-refractivity contribution in [2.45, 2.75) is 16.2 Å². The van der Waals surface area contributed by atoms with Crippen molar-refractivity contribution in [1.29, 1.82) is 0 Å². The van der Waals surface area contributed by atoms with E-state index in [1.807, 2.05) is 0 Å². The molecule has 0 radical (unpaired) electrons. The minimum absolute atomic E-state index is 0. The predicted octanol–water partition coefficient (Wildman–Crippen LogP) is 0.343. The average Bonchev–Trinajstić information content (AvgIpc) is 2.76. The first-order valence-electron chi connectivity index (χ1n) is 7.00. The maximum absolute atomic E-state index is 12.7. The first-order valence-corrected chi connectivity index (χ1v) is 9.88. The van der Waals surface area contributed by atoms with Gasteiger partial charge in [0.15, 0.2) is 0 Å². The number of nitrogens with zero attached hydrogens (tertiary/aromatic N) is 2. The van der Waals surface area contributed by atoms with Crippen molar-refractivity contribution >= 4 is 32.5 Å². The Balaban J connectivity index is 0.00000264. The number of hydrogen-bond acceptors (Lipinski definition) is 5. The fourth-order valence-corrected chi connectivity index (χ4v) is 4.76. The van der Waals surface area contributed by atoms with Crippen LogP contribution in [0.2, 0.25) is 0 Å². The Bertz CT molecular complexity index is 727. The van der Waals surface area contributed by atoms with Crippen LogP contribution in [-0.2, 0) is 20.0 Å².